The second-order valence-electron chi connectivity index (χ2n) is 7.73. The van der Waals surface area contributed by atoms with Gasteiger partial charge in [-0.05, 0) is 64.7 Å². The van der Waals surface area contributed by atoms with E-state index in [0.717, 1.165) is 12.8 Å². The highest BCUT2D eigenvalue weighted by atomic mass is 16.3. The molecule has 0 aliphatic heterocycles. The van der Waals surface area contributed by atoms with E-state index in [1.54, 1.807) is 0 Å². The average molecular weight is 255 g/mol. The molecule has 0 saturated heterocycles. The van der Waals surface area contributed by atoms with E-state index in [1.807, 2.05) is 13.8 Å². The third-order valence-electron chi connectivity index (χ3n) is 4.15. The first-order valence-corrected chi connectivity index (χ1v) is 7.66. The third kappa shape index (κ3) is 6.75. The van der Waals surface area contributed by atoms with Gasteiger partial charge in [0.25, 0.3) is 0 Å². The van der Waals surface area contributed by atoms with E-state index in [-0.39, 0.29) is 0 Å². The van der Waals surface area contributed by atoms with Crippen molar-refractivity contribution < 1.29 is 5.11 Å². The Morgan fingerprint density at radius 3 is 2.61 bits per heavy atom. The molecule has 2 heteroatoms. The zero-order chi connectivity index (χ0) is 13.8. The van der Waals surface area contributed by atoms with Gasteiger partial charge in [0, 0.05) is 12.1 Å². The summed E-state index contributed by atoms with van der Waals surface area (Å²) >= 11 is 0. The monoisotopic (exact) mass is 255 g/mol. The Morgan fingerprint density at radius 2 is 2.06 bits per heavy atom. The van der Waals surface area contributed by atoms with Gasteiger partial charge in [-0.1, -0.05) is 20.3 Å². The largest absolute Gasteiger partial charge is 0.390 e. The number of rotatable bonds is 6. The van der Waals surface area contributed by atoms with E-state index in [4.69, 9.17) is 0 Å². The quantitative estimate of drug-likeness (QED) is 0.755. The average Bonchev–Trinajstić information content (AvgIpc) is 2.13. The minimum atomic E-state index is -0.507. The van der Waals surface area contributed by atoms with Gasteiger partial charge in [-0.2, -0.15) is 0 Å². The lowest BCUT2D eigenvalue weighted by Gasteiger charge is -2.37. The molecule has 2 N–H and O–H groups in total. The van der Waals surface area contributed by atoms with Gasteiger partial charge in [0.2, 0.25) is 0 Å². The van der Waals surface area contributed by atoms with Crippen LogP contribution in [-0.2, 0) is 0 Å². The van der Waals surface area contributed by atoms with Crippen LogP contribution in [0.4, 0.5) is 0 Å². The van der Waals surface area contributed by atoms with Crippen LogP contribution in [-0.4, -0.2) is 22.8 Å². The molecule has 1 aliphatic carbocycles. The summed E-state index contributed by atoms with van der Waals surface area (Å²) in [7, 11) is 0. The van der Waals surface area contributed by atoms with Gasteiger partial charge in [0.1, 0.15) is 0 Å². The molecule has 0 heterocycles. The Balaban J connectivity index is 2.21. The maximum Gasteiger partial charge on any atom is 0.0591 e. The van der Waals surface area contributed by atoms with E-state index >= 15 is 0 Å². The van der Waals surface area contributed by atoms with Crippen molar-refractivity contribution in [3.63, 3.8) is 0 Å². The van der Waals surface area contributed by atoms with E-state index in [2.05, 4.69) is 26.1 Å². The normalized spacial score (nSPS) is 26.0. The highest BCUT2D eigenvalue weighted by molar-refractivity contribution is 4.84. The van der Waals surface area contributed by atoms with Crippen molar-refractivity contribution in [1.82, 2.24) is 5.32 Å². The second-order valence-corrected chi connectivity index (χ2v) is 7.73. The predicted octanol–water partition coefficient (Wildman–Crippen LogP) is 3.87. The highest BCUT2D eigenvalue weighted by Gasteiger charge is 2.28. The summed E-state index contributed by atoms with van der Waals surface area (Å²) in [6, 6.07) is 1.28. The molecule has 0 aromatic heterocycles. The highest BCUT2D eigenvalue weighted by Crippen LogP contribution is 2.35. The lowest BCUT2D eigenvalue weighted by Crippen LogP contribution is -2.41. The van der Waals surface area contributed by atoms with Crippen LogP contribution in [0.1, 0.15) is 79.6 Å². The molecule has 1 fully saturated rings. The zero-order valence-corrected chi connectivity index (χ0v) is 13.1. The maximum atomic E-state index is 9.70. The van der Waals surface area contributed by atoms with Crippen molar-refractivity contribution in [1.29, 1.82) is 0 Å². The second kappa shape index (κ2) is 6.38. The van der Waals surface area contributed by atoms with Crippen molar-refractivity contribution in [3.8, 4) is 0 Å². The summed E-state index contributed by atoms with van der Waals surface area (Å²) in [6.45, 7) is 10.9. The number of hydrogen-bond acceptors (Lipinski definition) is 2. The maximum absolute atomic E-state index is 9.70. The van der Waals surface area contributed by atoms with Crippen LogP contribution in [0.3, 0.4) is 0 Å². The molecule has 0 bridgehead atoms. The van der Waals surface area contributed by atoms with Crippen molar-refractivity contribution in [3.05, 3.63) is 0 Å². The molecule has 0 radical (unpaired) electrons. The van der Waals surface area contributed by atoms with Crippen molar-refractivity contribution in [2.24, 2.45) is 5.41 Å². The summed E-state index contributed by atoms with van der Waals surface area (Å²) in [6.07, 6.45) is 8.55. The third-order valence-corrected chi connectivity index (χ3v) is 4.15. The van der Waals surface area contributed by atoms with Crippen LogP contribution >= 0.6 is 0 Å². The molecule has 0 aromatic rings. The van der Waals surface area contributed by atoms with Crippen molar-refractivity contribution in [2.75, 3.05) is 0 Å². The van der Waals surface area contributed by atoms with Gasteiger partial charge in [-0.3, -0.25) is 0 Å². The Hall–Kier alpha value is -0.0800. The van der Waals surface area contributed by atoms with Gasteiger partial charge in [-0.25, -0.2) is 0 Å². The number of aliphatic hydroxyl groups is 1. The van der Waals surface area contributed by atoms with Gasteiger partial charge in [-0.15, -0.1) is 0 Å². The first-order valence-electron chi connectivity index (χ1n) is 7.66. The van der Waals surface area contributed by atoms with Crippen LogP contribution in [0.15, 0.2) is 0 Å². The molecule has 0 aromatic carbocycles. The van der Waals surface area contributed by atoms with Crippen LogP contribution in [0.5, 0.6) is 0 Å². The SMILES string of the molecule is CC(CCCC(C)(C)O)NC1CCCC(C)(C)C1. The summed E-state index contributed by atoms with van der Waals surface area (Å²) in [4.78, 5) is 0. The lowest BCUT2D eigenvalue weighted by atomic mass is 9.75. The predicted molar refractivity (Wildman–Crippen MR) is 78.8 cm³/mol. The minimum Gasteiger partial charge on any atom is -0.390 e. The zero-order valence-electron chi connectivity index (χ0n) is 13.1. The van der Waals surface area contributed by atoms with E-state index in [0.29, 0.717) is 17.5 Å². The fourth-order valence-corrected chi connectivity index (χ4v) is 3.17. The van der Waals surface area contributed by atoms with Gasteiger partial charge < -0.3 is 10.4 Å². The molecule has 1 rings (SSSR count). The van der Waals surface area contributed by atoms with Gasteiger partial charge in [0.15, 0.2) is 0 Å². The Morgan fingerprint density at radius 1 is 1.39 bits per heavy atom. The van der Waals surface area contributed by atoms with Crippen LogP contribution in [0, 0.1) is 5.41 Å². The molecule has 108 valence electrons. The first-order chi connectivity index (χ1) is 8.18. The molecular formula is C16H33NO. The minimum absolute atomic E-state index is 0.507. The lowest BCUT2D eigenvalue weighted by molar-refractivity contribution is 0.0672. The molecule has 0 spiro atoms. The molecule has 2 nitrogen and oxygen atoms in total. The Bertz CT molecular complexity index is 242. The van der Waals surface area contributed by atoms with Crippen LogP contribution in [0.2, 0.25) is 0 Å². The fraction of sp³-hybridized carbons (Fsp3) is 1.00. The summed E-state index contributed by atoms with van der Waals surface area (Å²) in [5.74, 6) is 0. The van der Waals surface area contributed by atoms with Crippen LogP contribution in [0.25, 0.3) is 0 Å². The van der Waals surface area contributed by atoms with Crippen molar-refractivity contribution >= 4 is 0 Å². The molecule has 0 amide bonds. The fourth-order valence-electron chi connectivity index (χ4n) is 3.17. The van der Waals surface area contributed by atoms with E-state index < -0.39 is 5.60 Å². The van der Waals surface area contributed by atoms with E-state index in [1.165, 1.54) is 32.1 Å². The van der Waals surface area contributed by atoms with Crippen molar-refractivity contribution in [2.45, 2.75) is 97.2 Å². The topological polar surface area (TPSA) is 32.3 Å². The van der Waals surface area contributed by atoms with Gasteiger partial charge >= 0.3 is 0 Å². The summed E-state index contributed by atoms with van der Waals surface area (Å²) in [5.41, 5.74) is 0.00920. The van der Waals surface area contributed by atoms with Crippen LogP contribution < -0.4 is 5.32 Å². The summed E-state index contributed by atoms with van der Waals surface area (Å²) in [5, 5.41) is 13.5. The molecule has 1 aliphatic rings. The molecule has 1 saturated carbocycles. The standard InChI is InChI=1S/C16H33NO/c1-13(8-6-11-16(4,5)18)17-14-9-7-10-15(2,3)12-14/h13-14,17-18H,6-12H2,1-5H3. The molecule has 18 heavy (non-hydrogen) atoms. The Labute approximate surface area is 114 Å². The molecule has 2 unspecified atom stereocenters. The molecular weight excluding hydrogens is 222 g/mol. The Kier molecular flexibility index (Phi) is 5.67. The van der Waals surface area contributed by atoms with Gasteiger partial charge in [0.05, 0.1) is 5.60 Å². The smallest absolute Gasteiger partial charge is 0.0591 e. The number of hydrogen-bond donors (Lipinski definition) is 2. The van der Waals surface area contributed by atoms with E-state index in [9.17, 15) is 5.11 Å². The number of nitrogens with one attached hydrogen (secondary N) is 1. The molecule has 2 atom stereocenters. The summed E-state index contributed by atoms with van der Waals surface area (Å²) < 4.78 is 0. The first kappa shape index (κ1) is 16.0.